The van der Waals surface area contributed by atoms with E-state index in [0.29, 0.717) is 35.8 Å². The monoisotopic (exact) mass is 330 g/mol. The highest BCUT2D eigenvalue weighted by atomic mass is 35.5. The van der Waals surface area contributed by atoms with Crippen LogP contribution in [-0.2, 0) is 4.79 Å². The minimum Gasteiger partial charge on any atom is -0.493 e. The Morgan fingerprint density at radius 1 is 1.09 bits per heavy atom. The Morgan fingerprint density at radius 2 is 1.59 bits per heavy atom. The summed E-state index contributed by atoms with van der Waals surface area (Å²) >= 11 is 0. The van der Waals surface area contributed by atoms with Gasteiger partial charge in [-0.3, -0.25) is 4.79 Å². The Hall–Kier alpha value is -1.66. The first-order valence-electron chi connectivity index (χ1n) is 6.94. The predicted molar refractivity (Wildman–Crippen MR) is 87.4 cm³/mol. The lowest BCUT2D eigenvalue weighted by Crippen LogP contribution is -2.48. The molecule has 1 aliphatic rings. The van der Waals surface area contributed by atoms with Gasteiger partial charge in [0.15, 0.2) is 11.5 Å². The number of benzene rings is 1. The zero-order valence-electron chi connectivity index (χ0n) is 13.1. The Kier molecular flexibility index (Phi) is 6.32. The molecule has 6 nitrogen and oxygen atoms in total. The summed E-state index contributed by atoms with van der Waals surface area (Å²) in [5.74, 6) is 1.30. The highest BCUT2D eigenvalue weighted by molar-refractivity contribution is 5.98. The van der Waals surface area contributed by atoms with Gasteiger partial charge in [-0.25, -0.2) is 0 Å². The molecule has 0 heterocycles. The van der Waals surface area contributed by atoms with E-state index in [2.05, 4.69) is 5.32 Å². The van der Waals surface area contributed by atoms with Crippen molar-refractivity contribution in [1.82, 2.24) is 0 Å². The van der Waals surface area contributed by atoms with Gasteiger partial charge in [0.05, 0.1) is 26.9 Å². The van der Waals surface area contributed by atoms with E-state index in [0.717, 1.165) is 12.8 Å². The fourth-order valence-electron chi connectivity index (χ4n) is 2.64. The Morgan fingerprint density at radius 3 is 2.00 bits per heavy atom. The van der Waals surface area contributed by atoms with Crippen molar-refractivity contribution in [3.63, 3.8) is 0 Å². The number of nitrogens with two attached hydrogens (primary N) is 1. The fourth-order valence-corrected chi connectivity index (χ4v) is 2.64. The van der Waals surface area contributed by atoms with Crippen LogP contribution in [0.25, 0.3) is 0 Å². The van der Waals surface area contributed by atoms with Crippen LogP contribution in [0.1, 0.15) is 25.7 Å². The van der Waals surface area contributed by atoms with Gasteiger partial charge in [0.1, 0.15) is 0 Å². The molecule has 22 heavy (non-hydrogen) atoms. The molecule has 3 N–H and O–H groups in total. The molecule has 1 aromatic carbocycles. The Labute approximate surface area is 136 Å². The van der Waals surface area contributed by atoms with Crippen LogP contribution in [0.4, 0.5) is 5.69 Å². The number of carbonyl (C=O) groups is 1. The van der Waals surface area contributed by atoms with Crippen LogP contribution in [0.3, 0.4) is 0 Å². The maximum Gasteiger partial charge on any atom is 0.244 e. The summed E-state index contributed by atoms with van der Waals surface area (Å²) in [6, 6.07) is 3.38. The lowest BCUT2D eigenvalue weighted by atomic mass is 9.98. The molecule has 2 rings (SSSR count). The molecule has 0 atom stereocenters. The van der Waals surface area contributed by atoms with Gasteiger partial charge < -0.3 is 25.3 Å². The second-order valence-corrected chi connectivity index (χ2v) is 5.23. The number of halogens is 1. The first kappa shape index (κ1) is 18.4. The van der Waals surface area contributed by atoms with Gasteiger partial charge in [-0.2, -0.15) is 0 Å². The second kappa shape index (κ2) is 7.56. The number of anilines is 1. The average molecular weight is 331 g/mol. The summed E-state index contributed by atoms with van der Waals surface area (Å²) in [4.78, 5) is 12.3. The van der Waals surface area contributed by atoms with Gasteiger partial charge in [-0.15, -0.1) is 12.4 Å². The van der Waals surface area contributed by atoms with Crippen molar-refractivity contribution in [3.05, 3.63) is 12.1 Å². The fraction of sp³-hybridized carbons (Fsp3) is 0.533. The third kappa shape index (κ3) is 3.56. The third-order valence-corrected chi connectivity index (χ3v) is 3.87. The van der Waals surface area contributed by atoms with Crippen LogP contribution >= 0.6 is 12.4 Å². The second-order valence-electron chi connectivity index (χ2n) is 5.23. The molecule has 0 spiro atoms. The molecule has 0 aliphatic heterocycles. The third-order valence-electron chi connectivity index (χ3n) is 3.87. The first-order chi connectivity index (χ1) is 10.0. The highest BCUT2D eigenvalue weighted by Gasteiger charge is 2.37. The topological polar surface area (TPSA) is 82.8 Å². The van der Waals surface area contributed by atoms with Crippen molar-refractivity contribution in [2.75, 3.05) is 26.6 Å². The van der Waals surface area contributed by atoms with E-state index >= 15 is 0 Å². The van der Waals surface area contributed by atoms with Gasteiger partial charge in [0.2, 0.25) is 11.7 Å². The van der Waals surface area contributed by atoms with E-state index in [1.54, 1.807) is 12.1 Å². The van der Waals surface area contributed by atoms with E-state index < -0.39 is 5.54 Å². The molecule has 1 aliphatic carbocycles. The summed E-state index contributed by atoms with van der Waals surface area (Å²) in [6.45, 7) is 0. The van der Waals surface area contributed by atoms with Crippen LogP contribution in [0.2, 0.25) is 0 Å². The SMILES string of the molecule is COc1cc(NC(=O)C2(N)CCCC2)cc(OC)c1OC.Cl. The van der Waals surface area contributed by atoms with Crippen molar-refractivity contribution in [3.8, 4) is 17.2 Å². The molecule has 124 valence electrons. The Balaban J connectivity index is 0.00000242. The molecule has 0 bridgehead atoms. The number of rotatable bonds is 5. The summed E-state index contributed by atoms with van der Waals surface area (Å²) < 4.78 is 15.8. The van der Waals surface area contributed by atoms with E-state index in [4.69, 9.17) is 19.9 Å². The van der Waals surface area contributed by atoms with Crippen molar-refractivity contribution >= 4 is 24.0 Å². The molecular formula is C15H23ClN2O4. The van der Waals surface area contributed by atoms with Gasteiger partial charge in [-0.1, -0.05) is 12.8 Å². The minimum absolute atomic E-state index is 0. The molecule has 0 saturated heterocycles. The van der Waals surface area contributed by atoms with Gasteiger partial charge in [0.25, 0.3) is 0 Å². The lowest BCUT2D eigenvalue weighted by Gasteiger charge is -2.23. The molecule has 0 aromatic heterocycles. The number of ether oxygens (including phenoxy) is 3. The molecule has 1 amide bonds. The van der Waals surface area contributed by atoms with Gasteiger partial charge in [0, 0.05) is 17.8 Å². The van der Waals surface area contributed by atoms with Crippen LogP contribution in [0.15, 0.2) is 12.1 Å². The van der Waals surface area contributed by atoms with Crippen molar-refractivity contribution in [2.45, 2.75) is 31.2 Å². The number of carbonyl (C=O) groups excluding carboxylic acids is 1. The number of hydrogen-bond donors (Lipinski definition) is 2. The molecule has 1 aromatic rings. The van der Waals surface area contributed by atoms with Crippen molar-refractivity contribution < 1.29 is 19.0 Å². The number of hydrogen-bond acceptors (Lipinski definition) is 5. The van der Waals surface area contributed by atoms with E-state index in [1.165, 1.54) is 21.3 Å². The molecule has 1 saturated carbocycles. The number of amides is 1. The smallest absolute Gasteiger partial charge is 0.244 e. The lowest BCUT2D eigenvalue weighted by molar-refractivity contribution is -0.121. The number of methoxy groups -OCH3 is 3. The first-order valence-corrected chi connectivity index (χ1v) is 6.94. The molecular weight excluding hydrogens is 308 g/mol. The molecule has 0 radical (unpaired) electrons. The van der Waals surface area contributed by atoms with Crippen LogP contribution in [-0.4, -0.2) is 32.8 Å². The zero-order valence-corrected chi connectivity index (χ0v) is 13.9. The zero-order chi connectivity index (χ0) is 15.5. The molecule has 0 unspecified atom stereocenters. The summed E-state index contributed by atoms with van der Waals surface area (Å²) in [6.07, 6.45) is 3.39. The Bertz CT molecular complexity index is 505. The summed E-state index contributed by atoms with van der Waals surface area (Å²) in [5, 5.41) is 2.85. The average Bonchev–Trinajstić information content (AvgIpc) is 2.94. The van der Waals surface area contributed by atoms with Crippen LogP contribution < -0.4 is 25.3 Å². The molecule has 7 heteroatoms. The quantitative estimate of drug-likeness (QED) is 0.866. The minimum atomic E-state index is -0.777. The van der Waals surface area contributed by atoms with E-state index in [9.17, 15) is 4.79 Å². The predicted octanol–water partition coefficient (Wildman–Crippen LogP) is 2.34. The van der Waals surface area contributed by atoms with Gasteiger partial charge >= 0.3 is 0 Å². The highest BCUT2D eigenvalue weighted by Crippen LogP contribution is 2.40. The van der Waals surface area contributed by atoms with E-state index in [-0.39, 0.29) is 18.3 Å². The standard InChI is InChI=1S/C15H22N2O4.ClH/c1-19-11-8-10(9-12(20-2)13(11)21-3)17-14(18)15(16)6-4-5-7-15;/h8-9H,4-7,16H2,1-3H3,(H,17,18);1H. The van der Waals surface area contributed by atoms with E-state index in [1.807, 2.05) is 0 Å². The molecule has 1 fully saturated rings. The summed E-state index contributed by atoms with van der Waals surface area (Å²) in [7, 11) is 4.60. The van der Waals surface area contributed by atoms with Crippen molar-refractivity contribution in [1.29, 1.82) is 0 Å². The van der Waals surface area contributed by atoms with Crippen molar-refractivity contribution in [2.24, 2.45) is 5.73 Å². The normalized spacial score (nSPS) is 15.6. The summed E-state index contributed by atoms with van der Waals surface area (Å²) in [5.41, 5.74) is 5.95. The van der Waals surface area contributed by atoms with Crippen LogP contribution in [0.5, 0.6) is 17.2 Å². The number of nitrogens with one attached hydrogen (secondary N) is 1. The van der Waals surface area contributed by atoms with Crippen LogP contribution in [0, 0.1) is 0 Å². The van der Waals surface area contributed by atoms with Gasteiger partial charge in [-0.05, 0) is 12.8 Å². The maximum absolute atomic E-state index is 12.3. The largest absolute Gasteiger partial charge is 0.493 e. The maximum atomic E-state index is 12.3.